The van der Waals surface area contributed by atoms with Gasteiger partial charge in [0.1, 0.15) is 0 Å². The first-order valence-electron chi connectivity index (χ1n) is 9.46. The second-order valence-corrected chi connectivity index (χ2v) is 9.49. The van der Waals surface area contributed by atoms with Gasteiger partial charge in [0.2, 0.25) is 0 Å². The maximum atomic E-state index is 3.64. The van der Waals surface area contributed by atoms with Gasteiger partial charge in [-0.1, -0.05) is 77.4 Å². The summed E-state index contributed by atoms with van der Waals surface area (Å²) in [6.07, 6.45) is 0. The molecule has 3 rings (SSSR count). The van der Waals surface area contributed by atoms with Crippen LogP contribution in [0.25, 0.3) is 10.8 Å². The molecule has 0 unspecified atom stereocenters. The highest BCUT2D eigenvalue weighted by Crippen LogP contribution is 2.33. The van der Waals surface area contributed by atoms with Gasteiger partial charge >= 0.3 is 0 Å². The van der Waals surface area contributed by atoms with Crippen molar-refractivity contribution in [3.8, 4) is 0 Å². The summed E-state index contributed by atoms with van der Waals surface area (Å²) in [5, 5.41) is 6.19. The average Bonchev–Trinajstić information content (AvgIpc) is 2.53. The van der Waals surface area contributed by atoms with Crippen LogP contribution in [0.1, 0.15) is 58.2 Å². The van der Waals surface area contributed by atoms with E-state index in [1.54, 1.807) is 0 Å². The van der Waals surface area contributed by atoms with Crippen molar-refractivity contribution in [1.82, 2.24) is 0 Å². The number of aryl methyl sites for hydroxylation is 1. The molecule has 136 valence electrons. The van der Waals surface area contributed by atoms with Gasteiger partial charge in [0.25, 0.3) is 0 Å². The number of hydrogen-bond acceptors (Lipinski definition) is 1. The summed E-state index contributed by atoms with van der Waals surface area (Å²) in [4.78, 5) is 0. The normalized spacial score (nSPS) is 12.4. The highest BCUT2D eigenvalue weighted by molar-refractivity contribution is 5.87. The Balaban J connectivity index is 2.02. The van der Waals surface area contributed by atoms with Gasteiger partial charge in [-0.2, -0.15) is 0 Å². The van der Waals surface area contributed by atoms with Gasteiger partial charge in [-0.3, -0.25) is 0 Å². The Morgan fingerprint density at radius 1 is 0.577 bits per heavy atom. The minimum atomic E-state index is 0.124. The molecule has 0 spiro atoms. The summed E-state index contributed by atoms with van der Waals surface area (Å²) in [5.74, 6) is 0. The number of hydrogen-bond donors (Lipinski definition) is 1. The molecule has 0 radical (unpaired) electrons. The Bertz CT molecular complexity index is 904. The highest BCUT2D eigenvalue weighted by Gasteiger charge is 2.20. The van der Waals surface area contributed by atoms with Crippen LogP contribution in [0, 0.1) is 6.92 Å². The minimum absolute atomic E-state index is 0.124. The fourth-order valence-electron chi connectivity index (χ4n) is 3.18. The lowest BCUT2D eigenvalue weighted by molar-refractivity contribution is 0.569. The van der Waals surface area contributed by atoms with Crippen molar-refractivity contribution in [2.24, 2.45) is 0 Å². The third-order valence-corrected chi connectivity index (χ3v) is 4.95. The van der Waals surface area contributed by atoms with Crippen molar-refractivity contribution in [2.75, 3.05) is 5.32 Å². The fourth-order valence-corrected chi connectivity index (χ4v) is 3.18. The van der Waals surface area contributed by atoms with Gasteiger partial charge in [-0.05, 0) is 63.9 Å². The largest absolute Gasteiger partial charge is 0.355 e. The van der Waals surface area contributed by atoms with Crippen LogP contribution in [0.4, 0.5) is 11.4 Å². The molecule has 0 fully saturated rings. The van der Waals surface area contributed by atoms with E-state index in [-0.39, 0.29) is 10.8 Å². The molecule has 3 aromatic rings. The Kier molecular flexibility index (Phi) is 4.60. The van der Waals surface area contributed by atoms with Gasteiger partial charge in [0, 0.05) is 11.4 Å². The lowest BCUT2D eigenvalue weighted by Crippen LogP contribution is -2.16. The monoisotopic (exact) mass is 345 g/mol. The fraction of sp³-hybridized carbons (Fsp3) is 0.360. The molecule has 0 aliphatic heterocycles. The van der Waals surface area contributed by atoms with Gasteiger partial charge < -0.3 is 5.32 Å². The van der Waals surface area contributed by atoms with Crippen LogP contribution in [0.3, 0.4) is 0 Å². The molecule has 1 N–H and O–H groups in total. The zero-order chi connectivity index (χ0) is 19.1. The second-order valence-electron chi connectivity index (χ2n) is 9.49. The first kappa shape index (κ1) is 18.5. The van der Waals surface area contributed by atoms with Crippen LogP contribution in [0.2, 0.25) is 0 Å². The summed E-state index contributed by atoms with van der Waals surface area (Å²) in [6.45, 7) is 15.8. The Labute approximate surface area is 158 Å². The first-order valence-corrected chi connectivity index (χ1v) is 9.46. The molecule has 0 amide bonds. The number of benzene rings is 3. The predicted octanol–water partition coefficient (Wildman–Crippen LogP) is 7.49. The Hall–Kier alpha value is -2.28. The SMILES string of the molecule is Cc1ccc2cc(Nc3cc(C(C)(C)C)cc(C(C)(C)C)c3)ccc2c1. The van der Waals surface area contributed by atoms with Gasteiger partial charge in [0.15, 0.2) is 0 Å². The average molecular weight is 346 g/mol. The number of nitrogens with one attached hydrogen (secondary N) is 1. The van der Waals surface area contributed by atoms with Crippen LogP contribution < -0.4 is 5.32 Å². The van der Waals surface area contributed by atoms with E-state index in [0.29, 0.717) is 0 Å². The van der Waals surface area contributed by atoms with E-state index in [2.05, 4.69) is 108 Å². The van der Waals surface area contributed by atoms with Crippen LogP contribution in [0.5, 0.6) is 0 Å². The van der Waals surface area contributed by atoms with E-state index in [9.17, 15) is 0 Å². The lowest BCUT2D eigenvalue weighted by atomic mass is 9.80. The molecule has 0 atom stereocenters. The number of anilines is 2. The Morgan fingerprint density at radius 3 is 1.69 bits per heavy atom. The molecular formula is C25H31N. The minimum Gasteiger partial charge on any atom is -0.355 e. The van der Waals surface area contributed by atoms with Crippen molar-refractivity contribution in [3.05, 3.63) is 71.3 Å². The molecule has 26 heavy (non-hydrogen) atoms. The molecule has 0 aromatic heterocycles. The molecule has 0 heterocycles. The third kappa shape index (κ3) is 4.09. The van der Waals surface area contributed by atoms with E-state index < -0.39 is 0 Å². The molecule has 0 aliphatic carbocycles. The van der Waals surface area contributed by atoms with Gasteiger partial charge in [0.05, 0.1) is 0 Å². The van der Waals surface area contributed by atoms with Crippen LogP contribution in [0.15, 0.2) is 54.6 Å². The molecule has 0 saturated heterocycles. The summed E-state index contributed by atoms with van der Waals surface area (Å²) in [5.41, 5.74) is 6.57. The summed E-state index contributed by atoms with van der Waals surface area (Å²) in [7, 11) is 0. The lowest BCUT2D eigenvalue weighted by Gasteiger charge is -2.26. The predicted molar refractivity (Wildman–Crippen MR) is 116 cm³/mol. The molecule has 0 saturated carbocycles. The summed E-state index contributed by atoms with van der Waals surface area (Å²) in [6, 6.07) is 20.1. The zero-order valence-electron chi connectivity index (χ0n) is 17.2. The first-order chi connectivity index (χ1) is 12.0. The van der Waals surface area contributed by atoms with E-state index in [0.717, 1.165) is 11.4 Å². The van der Waals surface area contributed by atoms with Gasteiger partial charge in [-0.25, -0.2) is 0 Å². The molecule has 0 bridgehead atoms. The van der Waals surface area contributed by atoms with Crippen molar-refractivity contribution in [1.29, 1.82) is 0 Å². The third-order valence-electron chi connectivity index (χ3n) is 4.95. The molecule has 1 nitrogen and oxygen atoms in total. The van der Waals surface area contributed by atoms with Crippen LogP contribution >= 0.6 is 0 Å². The maximum absolute atomic E-state index is 3.64. The standard InChI is InChI=1S/C25H31N/c1-17-8-9-19-13-22(11-10-18(19)12-17)26-23-15-20(24(2,3)4)14-21(16-23)25(5,6)7/h8-16,26H,1-7H3. The topological polar surface area (TPSA) is 12.0 Å². The maximum Gasteiger partial charge on any atom is 0.0390 e. The highest BCUT2D eigenvalue weighted by atomic mass is 14.9. The number of rotatable bonds is 2. The van der Waals surface area contributed by atoms with Crippen molar-refractivity contribution in [3.63, 3.8) is 0 Å². The van der Waals surface area contributed by atoms with Crippen LogP contribution in [-0.4, -0.2) is 0 Å². The van der Waals surface area contributed by atoms with E-state index in [1.165, 1.54) is 27.5 Å². The van der Waals surface area contributed by atoms with Crippen molar-refractivity contribution < 1.29 is 0 Å². The van der Waals surface area contributed by atoms with Gasteiger partial charge in [-0.15, -0.1) is 0 Å². The van der Waals surface area contributed by atoms with Crippen molar-refractivity contribution in [2.45, 2.75) is 59.3 Å². The van der Waals surface area contributed by atoms with E-state index in [1.807, 2.05) is 0 Å². The van der Waals surface area contributed by atoms with E-state index >= 15 is 0 Å². The molecule has 1 heteroatoms. The summed E-state index contributed by atoms with van der Waals surface area (Å²) >= 11 is 0. The zero-order valence-corrected chi connectivity index (χ0v) is 17.2. The molecule has 0 aliphatic rings. The second kappa shape index (κ2) is 6.46. The van der Waals surface area contributed by atoms with E-state index in [4.69, 9.17) is 0 Å². The molecular weight excluding hydrogens is 314 g/mol. The number of fused-ring (bicyclic) bond motifs is 1. The molecule has 3 aromatic carbocycles. The smallest absolute Gasteiger partial charge is 0.0390 e. The Morgan fingerprint density at radius 2 is 1.12 bits per heavy atom. The quantitative estimate of drug-likeness (QED) is 0.507. The van der Waals surface area contributed by atoms with Crippen LogP contribution in [-0.2, 0) is 10.8 Å². The summed E-state index contributed by atoms with van der Waals surface area (Å²) < 4.78 is 0. The van der Waals surface area contributed by atoms with Crippen molar-refractivity contribution >= 4 is 22.1 Å².